The van der Waals surface area contributed by atoms with E-state index < -0.39 is 6.10 Å². The highest BCUT2D eigenvalue weighted by Crippen LogP contribution is 2.24. The molecule has 2 N–H and O–H groups in total. The minimum Gasteiger partial charge on any atom is -0.394 e. The maximum absolute atomic E-state index is 9.30. The van der Waals surface area contributed by atoms with Crippen molar-refractivity contribution < 1.29 is 19.7 Å². The summed E-state index contributed by atoms with van der Waals surface area (Å²) in [5.74, 6) is 0. The Hall–Kier alpha value is -0.940. The molecule has 1 unspecified atom stereocenters. The Morgan fingerprint density at radius 2 is 1.80 bits per heavy atom. The van der Waals surface area contributed by atoms with E-state index in [1.165, 1.54) is 5.56 Å². The van der Waals surface area contributed by atoms with E-state index in [0.717, 1.165) is 25.7 Å². The number of hydrogen-bond donors (Lipinski definition) is 2. The zero-order valence-electron chi connectivity index (χ0n) is 11.8. The zero-order valence-corrected chi connectivity index (χ0v) is 11.8. The van der Waals surface area contributed by atoms with E-state index in [2.05, 4.69) is 12.1 Å². The van der Waals surface area contributed by atoms with Gasteiger partial charge in [0.1, 0.15) is 6.10 Å². The predicted octanol–water partition coefficient (Wildman–Crippen LogP) is 1.88. The molecular formula is C16H24O4. The van der Waals surface area contributed by atoms with Crippen LogP contribution < -0.4 is 0 Å². The van der Waals surface area contributed by atoms with E-state index >= 15 is 0 Å². The van der Waals surface area contributed by atoms with Crippen LogP contribution in [0.25, 0.3) is 0 Å². The SMILES string of the molecule is OCC(O)CO[C@H]1CCC[C@@H](OCc2ccccc2)C1. The van der Waals surface area contributed by atoms with E-state index in [1.54, 1.807) is 0 Å². The molecule has 0 heterocycles. The Labute approximate surface area is 120 Å². The second kappa shape index (κ2) is 8.37. The summed E-state index contributed by atoms with van der Waals surface area (Å²) in [6.45, 7) is 0.588. The molecular weight excluding hydrogens is 256 g/mol. The topological polar surface area (TPSA) is 58.9 Å². The normalized spacial score (nSPS) is 24.5. The molecule has 1 aliphatic rings. The van der Waals surface area contributed by atoms with Gasteiger partial charge in [-0.3, -0.25) is 0 Å². The van der Waals surface area contributed by atoms with Gasteiger partial charge < -0.3 is 19.7 Å². The molecule has 1 aromatic carbocycles. The van der Waals surface area contributed by atoms with Crippen LogP contribution in [0.15, 0.2) is 30.3 Å². The van der Waals surface area contributed by atoms with Gasteiger partial charge in [0.05, 0.1) is 32.0 Å². The van der Waals surface area contributed by atoms with Gasteiger partial charge >= 0.3 is 0 Å². The van der Waals surface area contributed by atoms with Crippen LogP contribution >= 0.6 is 0 Å². The summed E-state index contributed by atoms with van der Waals surface area (Å²) >= 11 is 0. The highest BCUT2D eigenvalue weighted by molar-refractivity contribution is 5.13. The number of ether oxygens (including phenoxy) is 2. The van der Waals surface area contributed by atoms with Gasteiger partial charge in [-0.05, 0) is 31.2 Å². The lowest BCUT2D eigenvalue weighted by atomic mass is 9.95. The first-order chi connectivity index (χ1) is 9.78. The summed E-state index contributed by atoms with van der Waals surface area (Å²) in [4.78, 5) is 0. The van der Waals surface area contributed by atoms with Crippen molar-refractivity contribution in [3.8, 4) is 0 Å². The van der Waals surface area contributed by atoms with Crippen LogP contribution in [-0.4, -0.2) is 41.7 Å². The summed E-state index contributed by atoms with van der Waals surface area (Å²) in [7, 11) is 0. The lowest BCUT2D eigenvalue weighted by molar-refractivity contribution is -0.0759. The van der Waals surface area contributed by atoms with Crippen LogP contribution in [0.4, 0.5) is 0 Å². The Morgan fingerprint density at radius 1 is 1.10 bits per heavy atom. The van der Waals surface area contributed by atoms with Crippen LogP contribution in [0.1, 0.15) is 31.2 Å². The van der Waals surface area contributed by atoms with E-state index in [1.807, 2.05) is 18.2 Å². The molecule has 0 aromatic heterocycles. The van der Waals surface area contributed by atoms with E-state index in [9.17, 15) is 5.11 Å². The highest BCUT2D eigenvalue weighted by Gasteiger charge is 2.23. The average Bonchev–Trinajstić information content (AvgIpc) is 2.52. The summed E-state index contributed by atoms with van der Waals surface area (Å²) in [6, 6.07) is 10.2. The van der Waals surface area contributed by atoms with Crippen LogP contribution in [-0.2, 0) is 16.1 Å². The van der Waals surface area contributed by atoms with Gasteiger partial charge in [0.25, 0.3) is 0 Å². The predicted molar refractivity (Wildman–Crippen MR) is 76.3 cm³/mol. The fraction of sp³-hybridized carbons (Fsp3) is 0.625. The maximum Gasteiger partial charge on any atom is 0.100 e. The van der Waals surface area contributed by atoms with Gasteiger partial charge in [-0.2, -0.15) is 0 Å². The fourth-order valence-electron chi connectivity index (χ4n) is 2.49. The van der Waals surface area contributed by atoms with E-state index in [-0.39, 0.29) is 25.4 Å². The summed E-state index contributed by atoms with van der Waals surface area (Å²) < 4.78 is 11.6. The molecule has 1 saturated carbocycles. The summed E-state index contributed by atoms with van der Waals surface area (Å²) in [6.07, 6.45) is 3.59. The zero-order chi connectivity index (χ0) is 14.2. The molecule has 0 spiro atoms. The maximum atomic E-state index is 9.30. The monoisotopic (exact) mass is 280 g/mol. The number of aliphatic hydroxyl groups excluding tert-OH is 2. The molecule has 1 aromatic rings. The van der Waals surface area contributed by atoms with Gasteiger partial charge in [0.2, 0.25) is 0 Å². The molecule has 0 saturated heterocycles. The van der Waals surface area contributed by atoms with Crippen molar-refractivity contribution in [1.29, 1.82) is 0 Å². The first-order valence-corrected chi connectivity index (χ1v) is 7.34. The minimum atomic E-state index is -0.777. The number of aliphatic hydroxyl groups is 2. The molecule has 4 nitrogen and oxygen atoms in total. The number of benzene rings is 1. The molecule has 0 radical (unpaired) electrons. The van der Waals surface area contributed by atoms with E-state index in [0.29, 0.717) is 6.61 Å². The average molecular weight is 280 g/mol. The highest BCUT2D eigenvalue weighted by atomic mass is 16.5. The van der Waals surface area contributed by atoms with Gasteiger partial charge in [-0.15, -0.1) is 0 Å². The third kappa shape index (κ3) is 5.21. The standard InChI is InChI=1S/C16H24O4/c17-10-14(18)12-20-16-8-4-7-15(9-16)19-11-13-5-2-1-3-6-13/h1-3,5-6,14-18H,4,7-12H2/t14?,15-,16+/m1/s1. The third-order valence-corrected chi connectivity index (χ3v) is 3.64. The first kappa shape index (κ1) is 15.4. The summed E-state index contributed by atoms with van der Waals surface area (Å²) in [5.41, 5.74) is 1.19. The van der Waals surface area contributed by atoms with Gasteiger partial charge in [-0.25, -0.2) is 0 Å². The lowest BCUT2D eigenvalue weighted by Crippen LogP contribution is -2.31. The van der Waals surface area contributed by atoms with Gasteiger partial charge in [-0.1, -0.05) is 30.3 Å². The largest absolute Gasteiger partial charge is 0.394 e. The second-order valence-electron chi connectivity index (χ2n) is 5.38. The first-order valence-electron chi connectivity index (χ1n) is 7.34. The van der Waals surface area contributed by atoms with Crippen molar-refractivity contribution in [2.24, 2.45) is 0 Å². The number of hydrogen-bond acceptors (Lipinski definition) is 4. The Balaban J connectivity index is 1.70. The molecule has 1 fully saturated rings. The second-order valence-corrected chi connectivity index (χ2v) is 5.38. The van der Waals surface area contributed by atoms with Crippen molar-refractivity contribution >= 4 is 0 Å². The molecule has 0 amide bonds. The van der Waals surface area contributed by atoms with Crippen LogP contribution in [0.5, 0.6) is 0 Å². The van der Waals surface area contributed by atoms with E-state index in [4.69, 9.17) is 14.6 Å². The summed E-state index contributed by atoms with van der Waals surface area (Å²) in [5, 5.41) is 18.1. The Bertz CT molecular complexity index is 368. The van der Waals surface area contributed by atoms with Gasteiger partial charge in [0, 0.05) is 0 Å². The van der Waals surface area contributed by atoms with Crippen molar-refractivity contribution in [1.82, 2.24) is 0 Å². The molecule has 1 aliphatic carbocycles. The Morgan fingerprint density at radius 3 is 2.50 bits per heavy atom. The molecule has 112 valence electrons. The number of rotatable bonds is 7. The van der Waals surface area contributed by atoms with Crippen molar-refractivity contribution in [2.45, 2.75) is 50.6 Å². The third-order valence-electron chi connectivity index (χ3n) is 3.64. The van der Waals surface area contributed by atoms with Crippen LogP contribution in [0.2, 0.25) is 0 Å². The Kier molecular flexibility index (Phi) is 6.47. The molecule has 3 atom stereocenters. The fourth-order valence-corrected chi connectivity index (χ4v) is 2.49. The smallest absolute Gasteiger partial charge is 0.100 e. The van der Waals surface area contributed by atoms with Crippen LogP contribution in [0.3, 0.4) is 0 Å². The van der Waals surface area contributed by atoms with Crippen molar-refractivity contribution in [3.05, 3.63) is 35.9 Å². The molecule has 0 bridgehead atoms. The lowest BCUT2D eigenvalue weighted by Gasteiger charge is -2.29. The van der Waals surface area contributed by atoms with Crippen molar-refractivity contribution in [3.63, 3.8) is 0 Å². The van der Waals surface area contributed by atoms with Crippen molar-refractivity contribution in [2.75, 3.05) is 13.2 Å². The minimum absolute atomic E-state index is 0.130. The quantitative estimate of drug-likeness (QED) is 0.800. The van der Waals surface area contributed by atoms with Crippen LogP contribution in [0, 0.1) is 0 Å². The molecule has 0 aliphatic heterocycles. The van der Waals surface area contributed by atoms with Gasteiger partial charge in [0.15, 0.2) is 0 Å². The molecule has 4 heteroatoms. The molecule has 20 heavy (non-hydrogen) atoms. The molecule has 2 rings (SSSR count).